The van der Waals surface area contributed by atoms with Crippen LogP contribution >= 0.6 is 0 Å². The average molecular weight is 296 g/mol. The Balaban J connectivity index is 2.10. The molecule has 0 aliphatic carbocycles. The van der Waals surface area contributed by atoms with E-state index in [2.05, 4.69) is 19.2 Å². The average Bonchev–Trinajstić information content (AvgIpc) is 2.92. The van der Waals surface area contributed by atoms with Gasteiger partial charge in [-0.05, 0) is 31.6 Å². The lowest BCUT2D eigenvalue weighted by Crippen LogP contribution is -2.64. The van der Waals surface area contributed by atoms with E-state index < -0.39 is 0 Å². The van der Waals surface area contributed by atoms with Crippen LogP contribution in [0.2, 0.25) is 0 Å². The summed E-state index contributed by atoms with van der Waals surface area (Å²) < 4.78 is 5.66. The third-order valence-electron chi connectivity index (χ3n) is 4.27. The van der Waals surface area contributed by atoms with Gasteiger partial charge in [-0.25, -0.2) is 0 Å². The van der Waals surface area contributed by atoms with Crippen LogP contribution in [0, 0.1) is 5.92 Å². The molecule has 0 aromatic heterocycles. The van der Waals surface area contributed by atoms with Crippen molar-refractivity contribution in [1.29, 1.82) is 0 Å². The Kier molecular flexibility index (Phi) is 5.62. The number of nitrogens with one attached hydrogen (secondary N) is 1. The Morgan fingerprint density at radius 3 is 2.71 bits per heavy atom. The van der Waals surface area contributed by atoms with E-state index in [1.165, 1.54) is 0 Å². The number of amides is 2. The highest BCUT2D eigenvalue weighted by atomic mass is 16.5. The van der Waals surface area contributed by atoms with Gasteiger partial charge in [0.2, 0.25) is 11.8 Å². The van der Waals surface area contributed by atoms with E-state index in [1.54, 1.807) is 4.90 Å². The largest absolute Gasteiger partial charge is 0.376 e. The maximum Gasteiger partial charge on any atom is 0.245 e. The van der Waals surface area contributed by atoms with E-state index in [4.69, 9.17) is 4.74 Å². The summed E-state index contributed by atoms with van der Waals surface area (Å²) in [5.41, 5.74) is 0. The molecule has 5 nitrogen and oxygen atoms in total. The monoisotopic (exact) mass is 296 g/mol. The molecule has 2 rings (SSSR count). The van der Waals surface area contributed by atoms with Crippen molar-refractivity contribution in [3.05, 3.63) is 0 Å². The van der Waals surface area contributed by atoms with Crippen molar-refractivity contribution < 1.29 is 14.3 Å². The normalized spacial score (nSPS) is 30.1. The zero-order valence-corrected chi connectivity index (χ0v) is 13.4. The van der Waals surface area contributed by atoms with Crippen molar-refractivity contribution in [3.63, 3.8) is 0 Å². The van der Waals surface area contributed by atoms with Crippen molar-refractivity contribution in [1.82, 2.24) is 10.2 Å². The summed E-state index contributed by atoms with van der Waals surface area (Å²) in [6.45, 7) is 7.52. The van der Waals surface area contributed by atoms with E-state index in [1.807, 2.05) is 6.92 Å². The SMILES string of the molecule is CCCC1C(=O)NC(CC(C)C)C(=O)N1CC1CCCO1. The molecule has 0 aromatic rings. The van der Waals surface area contributed by atoms with Crippen LogP contribution in [0.15, 0.2) is 0 Å². The Morgan fingerprint density at radius 2 is 2.14 bits per heavy atom. The van der Waals surface area contributed by atoms with Crippen molar-refractivity contribution in [2.75, 3.05) is 13.2 Å². The van der Waals surface area contributed by atoms with Crippen LogP contribution in [0.3, 0.4) is 0 Å². The van der Waals surface area contributed by atoms with E-state index in [9.17, 15) is 9.59 Å². The molecule has 0 aromatic carbocycles. The van der Waals surface area contributed by atoms with E-state index in [-0.39, 0.29) is 30.0 Å². The topological polar surface area (TPSA) is 58.6 Å². The summed E-state index contributed by atoms with van der Waals surface area (Å²) >= 11 is 0. The first kappa shape index (κ1) is 16.3. The summed E-state index contributed by atoms with van der Waals surface area (Å²) in [6, 6.07) is -0.692. The van der Waals surface area contributed by atoms with Gasteiger partial charge in [-0.2, -0.15) is 0 Å². The third kappa shape index (κ3) is 3.96. The van der Waals surface area contributed by atoms with Crippen LogP contribution in [0.1, 0.15) is 52.9 Å². The van der Waals surface area contributed by atoms with Crippen LogP contribution in [-0.4, -0.2) is 48.1 Å². The molecule has 2 saturated heterocycles. The van der Waals surface area contributed by atoms with Gasteiger partial charge in [0.25, 0.3) is 0 Å². The van der Waals surface area contributed by atoms with Gasteiger partial charge in [0.1, 0.15) is 12.1 Å². The van der Waals surface area contributed by atoms with Gasteiger partial charge in [-0.1, -0.05) is 27.2 Å². The maximum absolute atomic E-state index is 12.7. The minimum absolute atomic E-state index is 0.0000898. The molecule has 1 N–H and O–H groups in total. The first-order valence-electron chi connectivity index (χ1n) is 8.25. The van der Waals surface area contributed by atoms with E-state index >= 15 is 0 Å². The highest BCUT2D eigenvalue weighted by molar-refractivity contribution is 5.97. The number of nitrogens with zero attached hydrogens (tertiary/aromatic N) is 1. The molecule has 2 amide bonds. The molecule has 0 radical (unpaired) electrons. The van der Waals surface area contributed by atoms with Crippen LogP contribution in [0.5, 0.6) is 0 Å². The fourth-order valence-electron chi connectivity index (χ4n) is 3.24. The summed E-state index contributed by atoms with van der Waals surface area (Å²) in [7, 11) is 0. The second-order valence-electron chi connectivity index (χ2n) is 6.62. The molecule has 2 aliphatic rings. The predicted molar refractivity (Wildman–Crippen MR) is 80.8 cm³/mol. The van der Waals surface area contributed by atoms with E-state index in [0.717, 1.165) is 32.3 Å². The molecule has 3 unspecified atom stereocenters. The number of hydrogen-bond acceptors (Lipinski definition) is 3. The van der Waals surface area contributed by atoms with Crippen LogP contribution in [-0.2, 0) is 14.3 Å². The Labute approximate surface area is 127 Å². The summed E-state index contributed by atoms with van der Waals surface area (Å²) in [4.78, 5) is 26.9. The maximum atomic E-state index is 12.7. The number of carbonyl (C=O) groups excluding carboxylic acids is 2. The minimum Gasteiger partial charge on any atom is -0.376 e. The first-order valence-corrected chi connectivity index (χ1v) is 8.25. The second-order valence-corrected chi connectivity index (χ2v) is 6.62. The lowest BCUT2D eigenvalue weighted by atomic mass is 9.96. The standard InChI is InChI=1S/C16H28N2O3/c1-4-6-14-15(19)17-13(9-11(2)3)16(20)18(14)10-12-7-5-8-21-12/h11-14H,4-10H2,1-3H3,(H,17,19). The Bertz CT molecular complexity index is 378. The minimum atomic E-state index is -0.369. The van der Waals surface area contributed by atoms with Gasteiger partial charge in [-0.15, -0.1) is 0 Å². The molecular weight excluding hydrogens is 268 g/mol. The highest BCUT2D eigenvalue weighted by Gasteiger charge is 2.41. The molecule has 2 heterocycles. The second kappa shape index (κ2) is 7.25. The molecule has 5 heteroatoms. The van der Waals surface area contributed by atoms with Crippen molar-refractivity contribution in [3.8, 4) is 0 Å². The van der Waals surface area contributed by atoms with Gasteiger partial charge < -0.3 is 15.0 Å². The number of ether oxygens (including phenoxy) is 1. The van der Waals surface area contributed by atoms with Gasteiger partial charge in [0, 0.05) is 13.2 Å². The molecule has 120 valence electrons. The highest BCUT2D eigenvalue weighted by Crippen LogP contribution is 2.22. The zero-order chi connectivity index (χ0) is 15.4. The van der Waals surface area contributed by atoms with Gasteiger partial charge >= 0.3 is 0 Å². The zero-order valence-electron chi connectivity index (χ0n) is 13.4. The van der Waals surface area contributed by atoms with Gasteiger partial charge in [0.15, 0.2) is 0 Å². The van der Waals surface area contributed by atoms with Crippen molar-refractivity contribution in [2.45, 2.75) is 71.1 Å². The number of piperazine rings is 1. The molecule has 0 bridgehead atoms. The van der Waals surface area contributed by atoms with E-state index in [0.29, 0.717) is 18.9 Å². The smallest absolute Gasteiger partial charge is 0.245 e. The number of hydrogen-bond donors (Lipinski definition) is 1. The van der Waals surface area contributed by atoms with Crippen LogP contribution in [0.4, 0.5) is 0 Å². The summed E-state index contributed by atoms with van der Waals surface area (Å²) in [5, 5.41) is 2.92. The molecule has 2 fully saturated rings. The predicted octanol–water partition coefficient (Wildman–Crippen LogP) is 1.71. The first-order chi connectivity index (χ1) is 10.0. The van der Waals surface area contributed by atoms with Crippen LogP contribution < -0.4 is 5.32 Å². The third-order valence-corrected chi connectivity index (χ3v) is 4.27. The lowest BCUT2D eigenvalue weighted by Gasteiger charge is -2.40. The Hall–Kier alpha value is -1.10. The van der Waals surface area contributed by atoms with Crippen molar-refractivity contribution in [2.24, 2.45) is 5.92 Å². The fourth-order valence-corrected chi connectivity index (χ4v) is 3.24. The van der Waals surface area contributed by atoms with Gasteiger partial charge in [0.05, 0.1) is 6.10 Å². The number of carbonyl (C=O) groups is 2. The Morgan fingerprint density at radius 1 is 1.38 bits per heavy atom. The van der Waals surface area contributed by atoms with Crippen molar-refractivity contribution >= 4 is 11.8 Å². The lowest BCUT2D eigenvalue weighted by molar-refractivity contribution is -0.151. The molecular formula is C16H28N2O3. The molecule has 0 saturated carbocycles. The fraction of sp³-hybridized carbons (Fsp3) is 0.875. The quantitative estimate of drug-likeness (QED) is 0.812. The molecule has 0 spiro atoms. The summed E-state index contributed by atoms with van der Waals surface area (Å²) in [6.07, 6.45) is 4.44. The molecule has 3 atom stereocenters. The molecule has 21 heavy (non-hydrogen) atoms. The number of rotatable bonds is 6. The van der Waals surface area contributed by atoms with Crippen LogP contribution in [0.25, 0.3) is 0 Å². The molecule has 2 aliphatic heterocycles. The van der Waals surface area contributed by atoms with Gasteiger partial charge in [-0.3, -0.25) is 9.59 Å². The summed E-state index contributed by atoms with van der Waals surface area (Å²) in [5.74, 6) is 0.448.